The van der Waals surface area contributed by atoms with Gasteiger partial charge in [-0.15, -0.1) is 0 Å². The molecule has 1 saturated heterocycles. The maximum absolute atomic E-state index is 11.6. The highest BCUT2D eigenvalue weighted by atomic mass is 16.1. The van der Waals surface area contributed by atoms with E-state index in [1.54, 1.807) is 7.05 Å². The van der Waals surface area contributed by atoms with Crippen LogP contribution >= 0.6 is 0 Å². The first-order chi connectivity index (χ1) is 9.72. The monoisotopic (exact) mass is 276 g/mol. The normalized spacial score (nSPS) is 16.9. The van der Waals surface area contributed by atoms with Crippen molar-refractivity contribution in [1.29, 1.82) is 0 Å². The van der Waals surface area contributed by atoms with E-state index < -0.39 is 0 Å². The van der Waals surface area contributed by atoms with Crippen LogP contribution in [-0.2, 0) is 11.3 Å². The molecule has 0 radical (unpaired) electrons. The van der Waals surface area contributed by atoms with E-state index in [-0.39, 0.29) is 11.8 Å². The summed E-state index contributed by atoms with van der Waals surface area (Å²) < 4.78 is 0. The molecule has 2 rings (SSSR count). The summed E-state index contributed by atoms with van der Waals surface area (Å²) in [6, 6.07) is 4.14. The first kappa shape index (κ1) is 14.8. The zero-order chi connectivity index (χ0) is 14.4. The van der Waals surface area contributed by atoms with Gasteiger partial charge in [0.1, 0.15) is 5.82 Å². The average molecular weight is 276 g/mol. The highest BCUT2D eigenvalue weighted by Crippen LogP contribution is 2.19. The SMILES string of the molecule is CCNc1ccc(CN2CCC(C(=O)NC)CC2)cn1. The second kappa shape index (κ2) is 7.24. The van der Waals surface area contributed by atoms with Crippen LogP contribution in [0.2, 0.25) is 0 Å². The average Bonchev–Trinajstić information content (AvgIpc) is 2.49. The Balaban J connectivity index is 1.81. The molecule has 1 aliphatic heterocycles. The fourth-order valence-electron chi connectivity index (χ4n) is 2.62. The number of anilines is 1. The number of nitrogens with zero attached hydrogens (tertiary/aromatic N) is 2. The largest absolute Gasteiger partial charge is 0.370 e. The molecule has 110 valence electrons. The number of amides is 1. The third-order valence-electron chi connectivity index (χ3n) is 3.79. The lowest BCUT2D eigenvalue weighted by molar-refractivity contribution is -0.125. The predicted octanol–water partition coefficient (Wildman–Crippen LogP) is 1.47. The standard InChI is InChI=1S/C15H24N4O/c1-3-17-14-5-4-12(10-18-14)11-19-8-6-13(7-9-19)15(20)16-2/h4-5,10,13H,3,6-9,11H2,1-2H3,(H,16,20)(H,17,18). The quantitative estimate of drug-likeness (QED) is 0.855. The van der Waals surface area contributed by atoms with Gasteiger partial charge >= 0.3 is 0 Å². The van der Waals surface area contributed by atoms with E-state index in [0.717, 1.165) is 44.8 Å². The van der Waals surface area contributed by atoms with Crippen LogP contribution in [0.4, 0.5) is 5.82 Å². The molecule has 20 heavy (non-hydrogen) atoms. The molecule has 5 heteroatoms. The fourth-order valence-corrected chi connectivity index (χ4v) is 2.62. The first-order valence-electron chi connectivity index (χ1n) is 7.35. The van der Waals surface area contributed by atoms with Crippen molar-refractivity contribution in [3.8, 4) is 0 Å². The van der Waals surface area contributed by atoms with Gasteiger partial charge in [-0.25, -0.2) is 4.98 Å². The maximum atomic E-state index is 11.6. The summed E-state index contributed by atoms with van der Waals surface area (Å²) in [5.41, 5.74) is 1.23. The summed E-state index contributed by atoms with van der Waals surface area (Å²) in [6.07, 6.45) is 3.83. The van der Waals surface area contributed by atoms with Crippen molar-refractivity contribution in [3.63, 3.8) is 0 Å². The molecule has 0 bridgehead atoms. The lowest BCUT2D eigenvalue weighted by Crippen LogP contribution is -2.39. The van der Waals surface area contributed by atoms with Gasteiger partial charge in [0.05, 0.1) is 0 Å². The second-order valence-corrected chi connectivity index (χ2v) is 5.25. The lowest BCUT2D eigenvalue weighted by Gasteiger charge is -2.30. The van der Waals surface area contributed by atoms with Crippen molar-refractivity contribution in [2.75, 3.05) is 32.0 Å². The Bertz CT molecular complexity index is 424. The molecule has 0 aromatic carbocycles. The van der Waals surface area contributed by atoms with Crippen LogP contribution in [0.1, 0.15) is 25.3 Å². The Kier molecular flexibility index (Phi) is 5.35. The Morgan fingerprint density at radius 2 is 2.15 bits per heavy atom. The van der Waals surface area contributed by atoms with Crippen molar-refractivity contribution in [2.24, 2.45) is 5.92 Å². The van der Waals surface area contributed by atoms with E-state index in [0.29, 0.717) is 0 Å². The summed E-state index contributed by atoms with van der Waals surface area (Å²) in [4.78, 5) is 18.4. The Morgan fingerprint density at radius 1 is 1.40 bits per heavy atom. The zero-order valence-electron chi connectivity index (χ0n) is 12.4. The van der Waals surface area contributed by atoms with Gasteiger partial charge in [-0.3, -0.25) is 9.69 Å². The highest BCUT2D eigenvalue weighted by Gasteiger charge is 2.23. The van der Waals surface area contributed by atoms with E-state index in [1.807, 2.05) is 12.3 Å². The van der Waals surface area contributed by atoms with Crippen molar-refractivity contribution in [3.05, 3.63) is 23.9 Å². The highest BCUT2D eigenvalue weighted by molar-refractivity contribution is 5.78. The van der Waals surface area contributed by atoms with E-state index in [4.69, 9.17) is 0 Å². The minimum atomic E-state index is 0.182. The van der Waals surface area contributed by atoms with Crippen LogP contribution < -0.4 is 10.6 Å². The Labute approximate surface area is 120 Å². The van der Waals surface area contributed by atoms with Gasteiger partial charge in [0.2, 0.25) is 5.91 Å². The van der Waals surface area contributed by atoms with E-state index in [2.05, 4.69) is 33.5 Å². The topological polar surface area (TPSA) is 57.3 Å². The van der Waals surface area contributed by atoms with Gasteiger partial charge in [-0.05, 0) is 44.5 Å². The molecule has 0 saturated carbocycles. The molecule has 1 fully saturated rings. The number of carbonyl (C=O) groups is 1. The van der Waals surface area contributed by atoms with Gasteiger partial charge < -0.3 is 10.6 Å². The number of hydrogen-bond acceptors (Lipinski definition) is 4. The van der Waals surface area contributed by atoms with E-state index >= 15 is 0 Å². The van der Waals surface area contributed by atoms with Crippen molar-refractivity contribution in [1.82, 2.24) is 15.2 Å². The van der Waals surface area contributed by atoms with Crippen LogP contribution in [0, 0.1) is 5.92 Å². The summed E-state index contributed by atoms with van der Waals surface area (Å²) in [5, 5.41) is 5.94. The Hall–Kier alpha value is -1.62. The summed E-state index contributed by atoms with van der Waals surface area (Å²) >= 11 is 0. The smallest absolute Gasteiger partial charge is 0.222 e. The summed E-state index contributed by atoms with van der Waals surface area (Å²) in [5.74, 6) is 1.29. The number of carbonyl (C=O) groups excluding carboxylic acids is 1. The van der Waals surface area contributed by atoms with Crippen LogP contribution in [0.3, 0.4) is 0 Å². The van der Waals surface area contributed by atoms with Crippen molar-refractivity contribution in [2.45, 2.75) is 26.3 Å². The minimum absolute atomic E-state index is 0.182. The minimum Gasteiger partial charge on any atom is -0.370 e. The van der Waals surface area contributed by atoms with Gasteiger partial charge in [-0.1, -0.05) is 6.07 Å². The number of hydrogen-bond donors (Lipinski definition) is 2. The third-order valence-corrected chi connectivity index (χ3v) is 3.79. The summed E-state index contributed by atoms with van der Waals surface area (Å²) in [7, 11) is 1.71. The van der Waals surface area contributed by atoms with Crippen LogP contribution in [0.25, 0.3) is 0 Å². The van der Waals surface area contributed by atoms with Crippen molar-refractivity contribution < 1.29 is 4.79 Å². The molecule has 2 heterocycles. The predicted molar refractivity (Wildman–Crippen MR) is 80.5 cm³/mol. The van der Waals surface area contributed by atoms with Gasteiger partial charge in [-0.2, -0.15) is 0 Å². The van der Waals surface area contributed by atoms with Crippen LogP contribution in [0.5, 0.6) is 0 Å². The number of piperidine rings is 1. The molecule has 1 aromatic rings. The number of rotatable bonds is 5. The zero-order valence-corrected chi connectivity index (χ0v) is 12.4. The number of aromatic nitrogens is 1. The maximum Gasteiger partial charge on any atom is 0.222 e. The van der Waals surface area contributed by atoms with Gasteiger partial charge in [0.15, 0.2) is 0 Å². The first-order valence-corrected chi connectivity index (χ1v) is 7.35. The number of likely N-dealkylation sites (tertiary alicyclic amines) is 1. The van der Waals surface area contributed by atoms with Gasteiger partial charge in [0, 0.05) is 32.3 Å². The Morgan fingerprint density at radius 3 is 2.70 bits per heavy atom. The van der Waals surface area contributed by atoms with E-state index in [1.165, 1.54) is 5.56 Å². The number of pyridine rings is 1. The van der Waals surface area contributed by atoms with Crippen LogP contribution in [-0.4, -0.2) is 42.5 Å². The molecule has 0 unspecified atom stereocenters. The molecule has 0 spiro atoms. The van der Waals surface area contributed by atoms with E-state index in [9.17, 15) is 4.79 Å². The molecule has 5 nitrogen and oxygen atoms in total. The molecular formula is C15H24N4O. The fraction of sp³-hybridized carbons (Fsp3) is 0.600. The summed E-state index contributed by atoms with van der Waals surface area (Å²) in [6.45, 7) is 5.82. The van der Waals surface area contributed by atoms with Gasteiger partial charge in [0.25, 0.3) is 0 Å². The third kappa shape index (κ3) is 3.93. The molecule has 0 atom stereocenters. The van der Waals surface area contributed by atoms with Crippen molar-refractivity contribution >= 4 is 11.7 Å². The molecule has 1 amide bonds. The van der Waals surface area contributed by atoms with Crippen LogP contribution in [0.15, 0.2) is 18.3 Å². The molecule has 2 N–H and O–H groups in total. The number of nitrogens with one attached hydrogen (secondary N) is 2. The second-order valence-electron chi connectivity index (χ2n) is 5.25. The lowest BCUT2D eigenvalue weighted by atomic mass is 9.96. The molecular weight excluding hydrogens is 252 g/mol. The molecule has 0 aliphatic carbocycles. The molecule has 1 aliphatic rings. The molecule has 1 aromatic heterocycles.